The average molecular weight is 296 g/mol. The lowest BCUT2D eigenvalue weighted by molar-refractivity contribution is 0.169. The zero-order valence-electron chi connectivity index (χ0n) is 10.3. The number of likely N-dealkylation sites (N-methyl/N-ethyl adjacent to an activating group) is 1. The number of benzene rings is 1. The van der Waals surface area contributed by atoms with Crippen molar-refractivity contribution in [3.63, 3.8) is 0 Å². The van der Waals surface area contributed by atoms with E-state index in [1.165, 1.54) is 11.1 Å². The topological polar surface area (TPSA) is 21.3 Å². The van der Waals surface area contributed by atoms with Crippen LogP contribution < -0.4 is 5.32 Å². The van der Waals surface area contributed by atoms with Gasteiger partial charge in [-0.2, -0.15) is 0 Å². The summed E-state index contributed by atoms with van der Waals surface area (Å²) in [6, 6.07) is 6.62. The lowest BCUT2D eigenvalue weighted by Crippen LogP contribution is -2.22. The van der Waals surface area contributed by atoms with E-state index in [1.54, 1.807) is 0 Å². The number of ether oxygens (including phenoxy) is 1. The highest BCUT2D eigenvalue weighted by Crippen LogP contribution is 2.28. The zero-order chi connectivity index (χ0) is 12.3. The van der Waals surface area contributed by atoms with Crippen LogP contribution in [0.25, 0.3) is 0 Å². The Morgan fingerprint density at radius 2 is 2.18 bits per heavy atom. The Labute approximate surface area is 111 Å². The van der Waals surface area contributed by atoms with Gasteiger partial charge in [-0.3, -0.25) is 0 Å². The second-order valence-electron chi connectivity index (χ2n) is 4.38. The fourth-order valence-electron chi connectivity index (χ4n) is 2.18. The van der Waals surface area contributed by atoms with Crippen molar-refractivity contribution in [2.24, 2.45) is 0 Å². The Morgan fingerprint density at radius 1 is 1.35 bits per heavy atom. The van der Waals surface area contributed by atoms with Crippen LogP contribution in [-0.4, -0.2) is 13.7 Å². The third-order valence-electron chi connectivity index (χ3n) is 2.93. The molecular formula is C14H18BrNO. The van der Waals surface area contributed by atoms with Crippen molar-refractivity contribution in [2.75, 3.05) is 13.7 Å². The van der Waals surface area contributed by atoms with Gasteiger partial charge in [-0.15, -0.1) is 0 Å². The maximum atomic E-state index is 5.75. The van der Waals surface area contributed by atoms with Crippen molar-refractivity contribution in [3.05, 3.63) is 45.6 Å². The van der Waals surface area contributed by atoms with Crippen molar-refractivity contribution in [2.45, 2.75) is 25.8 Å². The van der Waals surface area contributed by atoms with E-state index in [4.69, 9.17) is 4.74 Å². The van der Waals surface area contributed by atoms with Gasteiger partial charge >= 0.3 is 0 Å². The first-order chi connectivity index (χ1) is 8.20. The highest BCUT2D eigenvalue weighted by atomic mass is 79.9. The first-order valence-corrected chi connectivity index (χ1v) is 6.77. The van der Waals surface area contributed by atoms with Gasteiger partial charge in [-0.05, 0) is 56.1 Å². The largest absolute Gasteiger partial charge is 0.496 e. The molecule has 1 aliphatic heterocycles. The van der Waals surface area contributed by atoms with Crippen molar-refractivity contribution in [1.82, 2.24) is 5.32 Å². The predicted octanol–water partition coefficient (Wildman–Crippen LogP) is 3.71. The van der Waals surface area contributed by atoms with Gasteiger partial charge in [-0.25, -0.2) is 0 Å². The van der Waals surface area contributed by atoms with Crippen molar-refractivity contribution < 1.29 is 4.74 Å². The monoisotopic (exact) mass is 295 g/mol. The molecule has 17 heavy (non-hydrogen) atoms. The van der Waals surface area contributed by atoms with Gasteiger partial charge in [0.25, 0.3) is 0 Å². The summed E-state index contributed by atoms with van der Waals surface area (Å²) >= 11 is 3.55. The summed E-state index contributed by atoms with van der Waals surface area (Å²) in [4.78, 5) is 0. The molecule has 1 unspecified atom stereocenters. The standard InChI is InChI=1S/C14H18BrNO/c1-10-7-11(9-12(15)8-10)14(16-2)13-5-3-4-6-17-13/h5,7-9,14,16H,3-4,6H2,1-2H3. The van der Waals surface area contributed by atoms with Gasteiger partial charge in [0, 0.05) is 4.47 Å². The van der Waals surface area contributed by atoms with Crippen molar-refractivity contribution in [3.8, 4) is 0 Å². The highest BCUT2D eigenvalue weighted by Gasteiger charge is 2.18. The number of aryl methyl sites for hydroxylation is 1. The Balaban J connectivity index is 2.31. The lowest BCUT2D eigenvalue weighted by Gasteiger charge is -2.24. The van der Waals surface area contributed by atoms with E-state index >= 15 is 0 Å². The van der Waals surface area contributed by atoms with E-state index in [9.17, 15) is 0 Å². The van der Waals surface area contributed by atoms with E-state index < -0.39 is 0 Å². The molecule has 1 atom stereocenters. The van der Waals surface area contributed by atoms with Crippen LogP contribution in [0.3, 0.4) is 0 Å². The summed E-state index contributed by atoms with van der Waals surface area (Å²) in [6.45, 7) is 2.94. The molecule has 1 aromatic carbocycles. The smallest absolute Gasteiger partial charge is 0.113 e. The Bertz CT molecular complexity index is 408. The van der Waals surface area contributed by atoms with Gasteiger partial charge in [0.15, 0.2) is 0 Å². The maximum Gasteiger partial charge on any atom is 0.113 e. The molecule has 1 N–H and O–H groups in total. The molecule has 0 fully saturated rings. The van der Waals surface area contributed by atoms with Gasteiger partial charge in [-0.1, -0.05) is 22.0 Å². The normalized spacial score (nSPS) is 17.2. The third-order valence-corrected chi connectivity index (χ3v) is 3.39. The number of rotatable bonds is 3. The summed E-state index contributed by atoms with van der Waals surface area (Å²) in [7, 11) is 1.97. The Morgan fingerprint density at radius 3 is 2.76 bits per heavy atom. The highest BCUT2D eigenvalue weighted by molar-refractivity contribution is 9.10. The number of hydrogen-bond donors (Lipinski definition) is 1. The lowest BCUT2D eigenvalue weighted by atomic mass is 10.0. The van der Waals surface area contributed by atoms with Crippen LogP contribution in [0.1, 0.15) is 30.0 Å². The van der Waals surface area contributed by atoms with Crippen LogP contribution in [-0.2, 0) is 4.74 Å². The molecule has 0 aliphatic carbocycles. The third kappa shape index (κ3) is 3.11. The number of hydrogen-bond acceptors (Lipinski definition) is 2. The summed E-state index contributed by atoms with van der Waals surface area (Å²) in [5.41, 5.74) is 2.50. The van der Waals surface area contributed by atoms with E-state index in [-0.39, 0.29) is 6.04 Å². The SMILES string of the molecule is CNC(C1=CCCCO1)c1cc(C)cc(Br)c1. The summed E-state index contributed by atoms with van der Waals surface area (Å²) in [6.07, 6.45) is 4.43. The minimum absolute atomic E-state index is 0.159. The molecule has 2 nitrogen and oxygen atoms in total. The van der Waals surface area contributed by atoms with Gasteiger partial charge in [0.2, 0.25) is 0 Å². The van der Waals surface area contributed by atoms with Crippen LogP contribution in [0.15, 0.2) is 34.5 Å². The first-order valence-electron chi connectivity index (χ1n) is 5.98. The molecule has 0 spiro atoms. The molecule has 0 saturated carbocycles. The van der Waals surface area contributed by atoms with Crippen LogP contribution in [0.5, 0.6) is 0 Å². The molecule has 0 amide bonds. The van der Waals surface area contributed by atoms with E-state index in [0.29, 0.717) is 0 Å². The number of allylic oxidation sites excluding steroid dienone is 1. The molecule has 1 aliphatic rings. The average Bonchev–Trinajstić information content (AvgIpc) is 2.30. The second kappa shape index (κ2) is 5.69. The molecule has 1 aromatic rings. The molecule has 3 heteroatoms. The molecule has 0 radical (unpaired) electrons. The number of halogens is 1. The minimum Gasteiger partial charge on any atom is -0.496 e. The first kappa shape index (κ1) is 12.7. The predicted molar refractivity (Wildman–Crippen MR) is 73.9 cm³/mol. The second-order valence-corrected chi connectivity index (χ2v) is 5.30. The van der Waals surface area contributed by atoms with Crippen LogP contribution >= 0.6 is 15.9 Å². The van der Waals surface area contributed by atoms with E-state index in [2.05, 4.69) is 52.4 Å². The molecule has 92 valence electrons. The van der Waals surface area contributed by atoms with Gasteiger partial charge in [0.1, 0.15) is 5.76 Å². The van der Waals surface area contributed by atoms with E-state index in [1.807, 2.05) is 7.05 Å². The van der Waals surface area contributed by atoms with Crippen LogP contribution in [0.2, 0.25) is 0 Å². The Hall–Kier alpha value is -0.800. The Kier molecular flexibility index (Phi) is 4.24. The molecule has 0 saturated heterocycles. The maximum absolute atomic E-state index is 5.75. The van der Waals surface area contributed by atoms with Crippen LogP contribution in [0.4, 0.5) is 0 Å². The quantitative estimate of drug-likeness (QED) is 0.918. The molecule has 0 bridgehead atoms. The van der Waals surface area contributed by atoms with Gasteiger partial charge < -0.3 is 10.1 Å². The van der Waals surface area contributed by atoms with Crippen LogP contribution in [0, 0.1) is 6.92 Å². The summed E-state index contributed by atoms with van der Waals surface area (Å²) in [5.74, 6) is 1.05. The molecule has 2 rings (SSSR count). The zero-order valence-corrected chi connectivity index (χ0v) is 11.9. The fourth-order valence-corrected chi connectivity index (χ4v) is 2.81. The molecule has 1 heterocycles. The molecular weight excluding hydrogens is 278 g/mol. The van der Waals surface area contributed by atoms with Crippen molar-refractivity contribution in [1.29, 1.82) is 0 Å². The summed E-state index contributed by atoms with van der Waals surface area (Å²) < 4.78 is 6.86. The van der Waals surface area contributed by atoms with Gasteiger partial charge in [0.05, 0.1) is 12.6 Å². The molecule has 0 aromatic heterocycles. The minimum atomic E-state index is 0.159. The fraction of sp³-hybridized carbons (Fsp3) is 0.429. The summed E-state index contributed by atoms with van der Waals surface area (Å²) in [5, 5.41) is 3.33. The van der Waals surface area contributed by atoms with E-state index in [0.717, 1.165) is 29.7 Å². The number of nitrogens with one attached hydrogen (secondary N) is 1. The van der Waals surface area contributed by atoms with Crippen molar-refractivity contribution >= 4 is 15.9 Å².